The molecule has 0 unspecified atom stereocenters. The molecule has 3 aromatic carbocycles. The standard InChI is InChI=1S/C25H26ClN3O3S/c1-19-5-11-24(12-6-19)33(31,32)27-18-20-7-9-21(10-8-20)25(30)29-15-13-28(14-16-29)23-4-2-3-22(26)17-23/h2-12,17,27H,13-16,18H2,1H3. The Bertz CT molecular complexity index is 1220. The monoisotopic (exact) mass is 483 g/mol. The number of halogens is 1. The molecule has 1 N–H and O–H groups in total. The number of amides is 1. The highest BCUT2D eigenvalue weighted by Crippen LogP contribution is 2.21. The normalized spacial score (nSPS) is 14.4. The number of nitrogens with zero attached hydrogens (tertiary/aromatic N) is 2. The van der Waals surface area contributed by atoms with E-state index in [1.165, 1.54) is 0 Å². The van der Waals surface area contributed by atoms with Gasteiger partial charge >= 0.3 is 0 Å². The quantitative estimate of drug-likeness (QED) is 0.573. The predicted octanol–water partition coefficient (Wildman–Crippen LogP) is 4.09. The summed E-state index contributed by atoms with van der Waals surface area (Å²) in [5, 5.41) is 0.701. The summed E-state index contributed by atoms with van der Waals surface area (Å²) in [6.07, 6.45) is 0. The first-order chi connectivity index (χ1) is 15.8. The average molecular weight is 484 g/mol. The maximum absolute atomic E-state index is 12.9. The maximum atomic E-state index is 12.9. The third kappa shape index (κ3) is 5.74. The summed E-state index contributed by atoms with van der Waals surface area (Å²) >= 11 is 6.09. The van der Waals surface area contributed by atoms with E-state index < -0.39 is 10.0 Å². The zero-order valence-corrected chi connectivity index (χ0v) is 19.9. The van der Waals surface area contributed by atoms with Crippen LogP contribution >= 0.6 is 11.6 Å². The fourth-order valence-electron chi connectivity index (χ4n) is 3.77. The molecule has 1 amide bonds. The van der Waals surface area contributed by atoms with Gasteiger partial charge in [-0.05, 0) is 55.0 Å². The van der Waals surface area contributed by atoms with Crippen molar-refractivity contribution in [3.05, 3.63) is 94.5 Å². The first kappa shape index (κ1) is 23.3. The highest BCUT2D eigenvalue weighted by atomic mass is 35.5. The van der Waals surface area contributed by atoms with Crippen molar-refractivity contribution in [1.29, 1.82) is 0 Å². The van der Waals surface area contributed by atoms with Crippen molar-refractivity contribution in [2.75, 3.05) is 31.1 Å². The van der Waals surface area contributed by atoms with Gasteiger partial charge in [-0.3, -0.25) is 4.79 Å². The summed E-state index contributed by atoms with van der Waals surface area (Å²) < 4.78 is 27.5. The molecular formula is C25H26ClN3O3S. The van der Waals surface area contributed by atoms with Crippen LogP contribution in [0.15, 0.2) is 77.7 Å². The number of hydrogen-bond donors (Lipinski definition) is 1. The number of sulfonamides is 1. The van der Waals surface area contributed by atoms with Crippen molar-refractivity contribution >= 4 is 33.2 Å². The summed E-state index contributed by atoms with van der Waals surface area (Å²) in [6.45, 7) is 4.80. The fourth-order valence-corrected chi connectivity index (χ4v) is 4.97. The first-order valence-electron chi connectivity index (χ1n) is 10.8. The lowest BCUT2D eigenvalue weighted by Crippen LogP contribution is -2.48. The van der Waals surface area contributed by atoms with Crippen LogP contribution in [0.4, 0.5) is 5.69 Å². The summed E-state index contributed by atoms with van der Waals surface area (Å²) in [5.41, 5.74) is 3.44. The van der Waals surface area contributed by atoms with Crippen LogP contribution in [0.1, 0.15) is 21.5 Å². The van der Waals surface area contributed by atoms with Gasteiger partial charge in [-0.1, -0.05) is 47.5 Å². The van der Waals surface area contributed by atoms with Gasteiger partial charge in [-0.15, -0.1) is 0 Å². The molecule has 0 aliphatic carbocycles. The van der Waals surface area contributed by atoms with Crippen LogP contribution in [-0.4, -0.2) is 45.4 Å². The lowest BCUT2D eigenvalue weighted by atomic mass is 10.1. The van der Waals surface area contributed by atoms with Crippen molar-refractivity contribution in [2.24, 2.45) is 0 Å². The summed E-state index contributed by atoms with van der Waals surface area (Å²) in [4.78, 5) is 17.2. The molecule has 33 heavy (non-hydrogen) atoms. The van der Waals surface area contributed by atoms with Gasteiger partial charge < -0.3 is 9.80 Å². The molecule has 4 rings (SSSR count). The van der Waals surface area contributed by atoms with E-state index in [0.717, 1.165) is 29.9 Å². The van der Waals surface area contributed by atoms with Crippen LogP contribution < -0.4 is 9.62 Å². The van der Waals surface area contributed by atoms with Gasteiger partial charge in [-0.2, -0.15) is 0 Å². The average Bonchev–Trinajstić information content (AvgIpc) is 2.83. The molecule has 1 saturated heterocycles. The number of hydrogen-bond acceptors (Lipinski definition) is 4. The highest BCUT2D eigenvalue weighted by molar-refractivity contribution is 7.89. The van der Waals surface area contributed by atoms with Crippen LogP contribution in [0.5, 0.6) is 0 Å². The SMILES string of the molecule is Cc1ccc(S(=O)(=O)NCc2ccc(C(=O)N3CCN(c4cccc(Cl)c4)CC3)cc2)cc1. The zero-order chi connectivity index (χ0) is 23.4. The van der Waals surface area contributed by atoms with Crippen LogP contribution in [0.25, 0.3) is 0 Å². The number of rotatable bonds is 6. The van der Waals surface area contributed by atoms with Crippen molar-refractivity contribution in [3.8, 4) is 0 Å². The number of carbonyl (C=O) groups is 1. The van der Waals surface area contributed by atoms with E-state index in [9.17, 15) is 13.2 Å². The third-order valence-electron chi connectivity index (χ3n) is 5.74. The first-order valence-corrected chi connectivity index (χ1v) is 12.6. The van der Waals surface area contributed by atoms with E-state index in [-0.39, 0.29) is 17.3 Å². The van der Waals surface area contributed by atoms with Gasteiger partial charge in [0, 0.05) is 49.0 Å². The number of carbonyl (C=O) groups excluding carboxylic acids is 1. The lowest BCUT2D eigenvalue weighted by molar-refractivity contribution is 0.0746. The Morgan fingerprint density at radius 2 is 1.61 bits per heavy atom. The van der Waals surface area contributed by atoms with Crippen molar-refractivity contribution in [1.82, 2.24) is 9.62 Å². The van der Waals surface area contributed by atoms with Crippen molar-refractivity contribution < 1.29 is 13.2 Å². The smallest absolute Gasteiger partial charge is 0.253 e. The predicted molar refractivity (Wildman–Crippen MR) is 131 cm³/mol. The lowest BCUT2D eigenvalue weighted by Gasteiger charge is -2.36. The Labute approximate surface area is 199 Å². The van der Waals surface area contributed by atoms with Gasteiger partial charge in [-0.25, -0.2) is 13.1 Å². The van der Waals surface area contributed by atoms with Crippen LogP contribution in [0, 0.1) is 6.92 Å². The van der Waals surface area contributed by atoms with Crippen molar-refractivity contribution in [2.45, 2.75) is 18.4 Å². The molecule has 3 aromatic rings. The minimum absolute atomic E-state index is 0.0208. The third-order valence-corrected chi connectivity index (χ3v) is 7.39. The number of piperazine rings is 1. The molecular weight excluding hydrogens is 458 g/mol. The largest absolute Gasteiger partial charge is 0.368 e. The Balaban J connectivity index is 1.32. The molecule has 0 spiro atoms. The second kappa shape index (κ2) is 9.95. The molecule has 172 valence electrons. The minimum atomic E-state index is -3.59. The van der Waals surface area contributed by atoms with Gasteiger partial charge in [0.25, 0.3) is 5.91 Å². The van der Waals surface area contributed by atoms with E-state index in [1.807, 2.05) is 36.1 Å². The van der Waals surface area contributed by atoms with Crippen molar-refractivity contribution in [3.63, 3.8) is 0 Å². The van der Waals surface area contributed by atoms with E-state index >= 15 is 0 Å². The number of aryl methyl sites for hydroxylation is 1. The van der Waals surface area contributed by atoms with Gasteiger partial charge in [0.1, 0.15) is 0 Å². The molecule has 0 aromatic heterocycles. The molecule has 1 aliphatic heterocycles. The van der Waals surface area contributed by atoms with Crippen LogP contribution in [0.2, 0.25) is 5.02 Å². The van der Waals surface area contributed by atoms with E-state index in [0.29, 0.717) is 23.7 Å². The maximum Gasteiger partial charge on any atom is 0.253 e. The molecule has 1 fully saturated rings. The number of benzene rings is 3. The molecule has 0 bridgehead atoms. The second-order valence-corrected chi connectivity index (χ2v) is 10.3. The summed E-state index contributed by atoms with van der Waals surface area (Å²) in [6, 6.07) is 21.5. The second-order valence-electron chi connectivity index (χ2n) is 8.09. The molecule has 0 saturated carbocycles. The molecule has 6 nitrogen and oxygen atoms in total. The number of nitrogens with one attached hydrogen (secondary N) is 1. The molecule has 1 heterocycles. The molecule has 8 heteroatoms. The Kier molecular flexibility index (Phi) is 7.02. The van der Waals surface area contributed by atoms with Gasteiger partial charge in [0.05, 0.1) is 4.90 Å². The van der Waals surface area contributed by atoms with Crippen LogP contribution in [-0.2, 0) is 16.6 Å². The topological polar surface area (TPSA) is 69.7 Å². The summed E-state index contributed by atoms with van der Waals surface area (Å²) in [7, 11) is -3.59. The Hall–Kier alpha value is -2.87. The van der Waals surface area contributed by atoms with E-state index in [2.05, 4.69) is 9.62 Å². The molecule has 0 atom stereocenters. The van der Waals surface area contributed by atoms with E-state index in [4.69, 9.17) is 11.6 Å². The van der Waals surface area contributed by atoms with E-state index in [1.54, 1.807) is 48.5 Å². The molecule has 1 aliphatic rings. The summed E-state index contributed by atoms with van der Waals surface area (Å²) in [5.74, 6) is -0.0208. The van der Waals surface area contributed by atoms with Gasteiger partial charge in [0.15, 0.2) is 0 Å². The zero-order valence-electron chi connectivity index (χ0n) is 18.4. The highest BCUT2D eigenvalue weighted by Gasteiger charge is 2.22. The number of anilines is 1. The fraction of sp³-hybridized carbons (Fsp3) is 0.240. The Morgan fingerprint density at radius 3 is 2.24 bits per heavy atom. The molecule has 0 radical (unpaired) electrons. The minimum Gasteiger partial charge on any atom is -0.368 e. The van der Waals surface area contributed by atoms with Gasteiger partial charge in [0.2, 0.25) is 10.0 Å². The van der Waals surface area contributed by atoms with Crippen LogP contribution in [0.3, 0.4) is 0 Å². The Morgan fingerprint density at radius 1 is 0.939 bits per heavy atom.